The first-order valence-electron chi connectivity index (χ1n) is 5.03. The molecule has 0 N–H and O–H groups in total. The molecule has 0 fully saturated rings. The number of halogens is 3. The summed E-state index contributed by atoms with van der Waals surface area (Å²) in [6.45, 7) is 1.94. The topological polar surface area (TPSA) is 13.1 Å². The van der Waals surface area contributed by atoms with Gasteiger partial charge < -0.3 is 4.42 Å². The summed E-state index contributed by atoms with van der Waals surface area (Å²) in [5, 5.41) is 3.59. The minimum Gasteiger partial charge on any atom is -0.456 e. The lowest BCUT2D eigenvalue weighted by atomic mass is 10.1. The average Bonchev–Trinajstić information content (AvgIpc) is 2.58. The van der Waals surface area contributed by atoms with Gasteiger partial charge in [-0.3, -0.25) is 0 Å². The van der Waals surface area contributed by atoms with Crippen LogP contribution in [0, 0.1) is 6.92 Å². The Hall–Kier alpha value is -0.890. The van der Waals surface area contributed by atoms with Gasteiger partial charge in [0.2, 0.25) is 0 Å². The first-order chi connectivity index (χ1) is 8.06. The Morgan fingerprint density at radius 1 is 0.765 bits per heavy atom. The quantitative estimate of drug-likeness (QED) is 0.504. The summed E-state index contributed by atoms with van der Waals surface area (Å²) < 4.78 is 5.72. The third kappa shape index (κ3) is 1.70. The number of benzene rings is 2. The third-order valence-electron chi connectivity index (χ3n) is 2.79. The van der Waals surface area contributed by atoms with Crippen LogP contribution in [0.5, 0.6) is 0 Å². The van der Waals surface area contributed by atoms with Crippen LogP contribution in [0.1, 0.15) is 5.56 Å². The van der Waals surface area contributed by atoms with Gasteiger partial charge in [0.1, 0.15) is 11.2 Å². The Morgan fingerprint density at radius 3 is 2.00 bits per heavy atom. The molecule has 1 heterocycles. The molecule has 0 bridgehead atoms. The normalized spacial score (nSPS) is 11.5. The molecule has 0 spiro atoms. The molecule has 17 heavy (non-hydrogen) atoms. The second-order valence-corrected chi connectivity index (χ2v) is 5.18. The van der Waals surface area contributed by atoms with Gasteiger partial charge in [-0.1, -0.05) is 34.8 Å². The minimum absolute atomic E-state index is 0.487. The zero-order chi connectivity index (χ0) is 12.2. The van der Waals surface area contributed by atoms with Crippen molar-refractivity contribution < 1.29 is 4.42 Å². The molecule has 0 saturated carbocycles. The van der Waals surface area contributed by atoms with Gasteiger partial charge in [-0.25, -0.2) is 0 Å². The van der Waals surface area contributed by atoms with Crippen LogP contribution < -0.4 is 0 Å². The maximum absolute atomic E-state index is 6.12. The van der Waals surface area contributed by atoms with E-state index in [1.165, 1.54) is 0 Å². The molecule has 1 aromatic heterocycles. The van der Waals surface area contributed by atoms with Crippen LogP contribution in [0.3, 0.4) is 0 Å². The fourth-order valence-corrected chi connectivity index (χ4v) is 2.37. The molecule has 0 unspecified atom stereocenters. The van der Waals surface area contributed by atoms with E-state index in [1.54, 1.807) is 12.1 Å². The summed E-state index contributed by atoms with van der Waals surface area (Å²) in [5.41, 5.74) is 2.49. The highest BCUT2D eigenvalue weighted by Crippen LogP contribution is 2.36. The summed E-state index contributed by atoms with van der Waals surface area (Å²) in [4.78, 5) is 0. The van der Waals surface area contributed by atoms with Crippen molar-refractivity contribution in [2.45, 2.75) is 6.92 Å². The van der Waals surface area contributed by atoms with Crippen molar-refractivity contribution in [1.82, 2.24) is 0 Å². The Kier molecular flexibility index (Phi) is 2.51. The van der Waals surface area contributed by atoms with E-state index in [0.717, 1.165) is 27.5 Å². The van der Waals surface area contributed by atoms with Crippen LogP contribution in [-0.4, -0.2) is 0 Å². The lowest BCUT2D eigenvalue weighted by molar-refractivity contribution is 0.668. The Morgan fingerprint density at radius 2 is 1.29 bits per heavy atom. The second-order valence-electron chi connectivity index (χ2n) is 3.96. The van der Waals surface area contributed by atoms with Crippen LogP contribution in [0.4, 0.5) is 0 Å². The zero-order valence-corrected chi connectivity index (χ0v) is 11.1. The van der Waals surface area contributed by atoms with Gasteiger partial charge >= 0.3 is 0 Å². The van der Waals surface area contributed by atoms with Crippen LogP contribution in [0.15, 0.2) is 28.7 Å². The van der Waals surface area contributed by atoms with Crippen molar-refractivity contribution in [2.75, 3.05) is 0 Å². The highest BCUT2D eigenvalue weighted by molar-refractivity contribution is 6.43. The second kappa shape index (κ2) is 3.81. The van der Waals surface area contributed by atoms with E-state index < -0.39 is 0 Å². The van der Waals surface area contributed by atoms with Crippen molar-refractivity contribution in [3.05, 3.63) is 44.9 Å². The number of rotatable bonds is 0. The standard InChI is InChI=1S/C13H7Cl3O/c1-6-2-12-7(3-9(6)14)8-4-10(15)11(16)5-13(8)17-12/h2-5H,1H3. The van der Waals surface area contributed by atoms with Crippen molar-refractivity contribution in [3.8, 4) is 0 Å². The molecule has 1 nitrogen and oxygen atoms in total. The SMILES string of the molecule is Cc1cc2oc3cc(Cl)c(Cl)cc3c2cc1Cl. The summed E-state index contributed by atoms with van der Waals surface area (Å²) >= 11 is 18.1. The van der Waals surface area contributed by atoms with E-state index in [9.17, 15) is 0 Å². The smallest absolute Gasteiger partial charge is 0.137 e. The molecule has 0 aliphatic heterocycles. The van der Waals surface area contributed by atoms with E-state index in [0.29, 0.717) is 15.1 Å². The molecule has 0 aliphatic carbocycles. The average molecular weight is 286 g/mol. The first kappa shape index (κ1) is 11.2. The molecule has 86 valence electrons. The van der Waals surface area contributed by atoms with Crippen LogP contribution in [0.2, 0.25) is 15.1 Å². The summed E-state index contributed by atoms with van der Waals surface area (Å²) in [7, 11) is 0. The fourth-order valence-electron chi connectivity index (χ4n) is 1.89. The lowest BCUT2D eigenvalue weighted by Crippen LogP contribution is -1.74. The van der Waals surface area contributed by atoms with E-state index in [1.807, 2.05) is 19.1 Å². The highest BCUT2D eigenvalue weighted by Gasteiger charge is 2.11. The number of furan rings is 1. The molecule has 0 aliphatic rings. The molecule has 2 aromatic carbocycles. The Balaban J connectivity index is 2.51. The molecule has 4 heteroatoms. The summed E-state index contributed by atoms with van der Waals surface area (Å²) in [5.74, 6) is 0. The van der Waals surface area contributed by atoms with Crippen molar-refractivity contribution in [1.29, 1.82) is 0 Å². The minimum atomic E-state index is 0.487. The van der Waals surface area contributed by atoms with Gasteiger partial charge in [0, 0.05) is 21.9 Å². The van der Waals surface area contributed by atoms with Crippen LogP contribution >= 0.6 is 34.8 Å². The molecule has 0 amide bonds. The summed E-state index contributed by atoms with van der Waals surface area (Å²) in [6.07, 6.45) is 0. The maximum Gasteiger partial charge on any atom is 0.137 e. The predicted octanol–water partition coefficient (Wildman–Crippen LogP) is 5.85. The van der Waals surface area contributed by atoms with Crippen molar-refractivity contribution in [3.63, 3.8) is 0 Å². The lowest BCUT2D eigenvalue weighted by Gasteiger charge is -1.97. The third-order valence-corrected chi connectivity index (χ3v) is 3.92. The van der Waals surface area contributed by atoms with E-state index >= 15 is 0 Å². The zero-order valence-electron chi connectivity index (χ0n) is 8.85. The molecular formula is C13H7Cl3O. The van der Waals surface area contributed by atoms with Crippen LogP contribution in [0.25, 0.3) is 21.9 Å². The molecule has 3 rings (SSSR count). The maximum atomic E-state index is 6.12. The van der Waals surface area contributed by atoms with Crippen LogP contribution in [-0.2, 0) is 0 Å². The fraction of sp³-hybridized carbons (Fsp3) is 0.0769. The largest absolute Gasteiger partial charge is 0.456 e. The predicted molar refractivity (Wildman–Crippen MR) is 73.5 cm³/mol. The first-order valence-corrected chi connectivity index (χ1v) is 6.17. The number of hydrogen-bond acceptors (Lipinski definition) is 1. The van der Waals surface area contributed by atoms with Gasteiger partial charge in [-0.15, -0.1) is 0 Å². The van der Waals surface area contributed by atoms with Gasteiger partial charge in [-0.05, 0) is 30.7 Å². The van der Waals surface area contributed by atoms with Gasteiger partial charge in [0.15, 0.2) is 0 Å². The van der Waals surface area contributed by atoms with E-state index in [-0.39, 0.29) is 0 Å². The van der Waals surface area contributed by atoms with Crippen molar-refractivity contribution >= 4 is 56.7 Å². The molecule has 0 radical (unpaired) electrons. The van der Waals surface area contributed by atoms with Gasteiger partial charge in [-0.2, -0.15) is 0 Å². The highest BCUT2D eigenvalue weighted by atomic mass is 35.5. The van der Waals surface area contributed by atoms with Gasteiger partial charge in [0.05, 0.1) is 10.0 Å². The van der Waals surface area contributed by atoms with E-state index in [4.69, 9.17) is 39.2 Å². The number of aryl methyl sites for hydroxylation is 1. The summed E-state index contributed by atoms with van der Waals surface area (Å²) in [6, 6.07) is 7.33. The van der Waals surface area contributed by atoms with Crippen molar-refractivity contribution in [2.24, 2.45) is 0 Å². The number of hydrogen-bond donors (Lipinski definition) is 0. The molecule has 0 saturated heterocycles. The molecule has 3 aromatic rings. The molecule has 0 atom stereocenters. The number of fused-ring (bicyclic) bond motifs is 3. The monoisotopic (exact) mass is 284 g/mol. The van der Waals surface area contributed by atoms with E-state index in [2.05, 4.69) is 0 Å². The molecular weight excluding hydrogens is 279 g/mol. The Labute approximate surface area is 113 Å². The van der Waals surface area contributed by atoms with Gasteiger partial charge in [0.25, 0.3) is 0 Å². The Bertz CT molecular complexity index is 681.